The first-order chi connectivity index (χ1) is 7.16. The molecule has 1 fully saturated rings. The first-order valence-corrected chi connectivity index (χ1v) is 5.68. The molecule has 0 amide bonds. The highest BCUT2D eigenvalue weighted by Crippen LogP contribution is 2.21. The van der Waals surface area contributed by atoms with E-state index in [9.17, 15) is 0 Å². The van der Waals surface area contributed by atoms with Gasteiger partial charge >= 0.3 is 0 Å². The smallest absolute Gasteiger partial charge is 0.0423 e. The molecule has 1 aliphatic rings. The van der Waals surface area contributed by atoms with Crippen molar-refractivity contribution in [2.45, 2.75) is 26.3 Å². The molecule has 0 aliphatic carbocycles. The summed E-state index contributed by atoms with van der Waals surface area (Å²) in [5, 5.41) is 3.41. The highest BCUT2D eigenvalue weighted by Gasteiger charge is 2.19. The van der Waals surface area contributed by atoms with Gasteiger partial charge in [0.15, 0.2) is 0 Å². The number of rotatable bonds is 2. The van der Waals surface area contributed by atoms with Gasteiger partial charge in [0.25, 0.3) is 0 Å². The van der Waals surface area contributed by atoms with Gasteiger partial charge in [-0.05, 0) is 50.1 Å². The first kappa shape index (κ1) is 10.5. The van der Waals surface area contributed by atoms with Crippen LogP contribution in [0.25, 0.3) is 0 Å². The molecule has 15 heavy (non-hydrogen) atoms. The molecule has 1 aromatic carbocycles. The highest BCUT2D eigenvalue weighted by atomic mass is 15.2. The van der Waals surface area contributed by atoms with Crippen LogP contribution in [0.1, 0.15) is 17.5 Å². The molecule has 2 nitrogen and oxygen atoms in total. The van der Waals surface area contributed by atoms with Crippen molar-refractivity contribution in [3.8, 4) is 0 Å². The Morgan fingerprint density at radius 3 is 2.40 bits per heavy atom. The third kappa shape index (κ3) is 2.32. The van der Waals surface area contributed by atoms with Crippen molar-refractivity contribution in [2.75, 3.05) is 25.0 Å². The van der Waals surface area contributed by atoms with Crippen LogP contribution in [-0.4, -0.2) is 26.2 Å². The summed E-state index contributed by atoms with van der Waals surface area (Å²) < 4.78 is 0. The van der Waals surface area contributed by atoms with Gasteiger partial charge in [-0.2, -0.15) is 0 Å². The van der Waals surface area contributed by atoms with Crippen molar-refractivity contribution in [3.05, 3.63) is 29.3 Å². The Bertz CT molecular complexity index is 320. The van der Waals surface area contributed by atoms with Crippen LogP contribution in [0.2, 0.25) is 0 Å². The van der Waals surface area contributed by atoms with Crippen molar-refractivity contribution in [1.29, 1.82) is 0 Å². The van der Waals surface area contributed by atoms with E-state index >= 15 is 0 Å². The van der Waals surface area contributed by atoms with Gasteiger partial charge in [-0.15, -0.1) is 0 Å². The zero-order valence-electron chi connectivity index (χ0n) is 9.88. The Balaban J connectivity index is 2.20. The van der Waals surface area contributed by atoms with Gasteiger partial charge in [-0.25, -0.2) is 0 Å². The quantitative estimate of drug-likeness (QED) is 0.793. The second-order valence-corrected chi connectivity index (χ2v) is 4.60. The Morgan fingerprint density at radius 2 is 1.87 bits per heavy atom. The van der Waals surface area contributed by atoms with E-state index in [1.807, 2.05) is 0 Å². The number of nitrogens with one attached hydrogen (secondary N) is 1. The van der Waals surface area contributed by atoms with E-state index in [1.54, 1.807) is 0 Å². The Labute approximate surface area is 92.3 Å². The van der Waals surface area contributed by atoms with Crippen molar-refractivity contribution >= 4 is 5.69 Å². The van der Waals surface area contributed by atoms with Crippen molar-refractivity contribution in [3.63, 3.8) is 0 Å². The average Bonchev–Trinajstić information content (AvgIpc) is 2.67. The van der Waals surface area contributed by atoms with Gasteiger partial charge < -0.3 is 10.2 Å². The maximum absolute atomic E-state index is 3.41. The van der Waals surface area contributed by atoms with Crippen molar-refractivity contribution in [2.24, 2.45) is 0 Å². The number of benzene rings is 1. The number of anilines is 1. The van der Waals surface area contributed by atoms with Crippen LogP contribution in [0.3, 0.4) is 0 Å². The lowest BCUT2D eigenvalue weighted by atomic mass is 10.1. The Kier molecular flexibility index (Phi) is 2.96. The molecule has 1 atom stereocenters. The van der Waals surface area contributed by atoms with Gasteiger partial charge in [0.2, 0.25) is 0 Å². The molecule has 1 unspecified atom stereocenters. The van der Waals surface area contributed by atoms with E-state index in [0.29, 0.717) is 6.04 Å². The fraction of sp³-hybridized carbons (Fsp3) is 0.538. The van der Waals surface area contributed by atoms with Crippen LogP contribution in [0, 0.1) is 13.8 Å². The number of hydrogen-bond acceptors (Lipinski definition) is 2. The summed E-state index contributed by atoms with van der Waals surface area (Å²) in [4.78, 5) is 2.40. The van der Waals surface area contributed by atoms with Crippen LogP contribution in [0.15, 0.2) is 18.2 Å². The standard InChI is InChI=1S/C13H20N2/c1-10-6-11(2)8-13(7-10)15(3)12-4-5-14-9-12/h6-8,12,14H,4-5,9H2,1-3H3. The maximum Gasteiger partial charge on any atom is 0.0423 e. The van der Waals surface area contributed by atoms with Crippen molar-refractivity contribution in [1.82, 2.24) is 5.32 Å². The molecule has 1 heterocycles. The summed E-state index contributed by atoms with van der Waals surface area (Å²) in [6.07, 6.45) is 1.25. The van der Waals surface area contributed by atoms with Crippen molar-refractivity contribution < 1.29 is 0 Å². The SMILES string of the molecule is Cc1cc(C)cc(N(C)C2CCNC2)c1. The largest absolute Gasteiger partial charge is 0.370 e. The number of aryl methyl sites for hydroxylation is 2. The lowest BCUT2D eigenvalue weighted by molar-refractivity contribution is 0.685. The summed E-state index contributed by atoms with van der Waals surface area (Å²) in [7, 11) is 2.20. The molecule has 1 N–H and O–H groups in total. The van der Waals surface area contributed by atoms with E-state index in [4.69, 9.17) is 0 Å². The number of nitrogens with zero attached hydrogens (tertiary/aromatic N) is 1. The molecule has 0 radical (unpaired) electrons. The van der Waals surface area contributed by atoms with E-state index in [0.717, 1.165) is 13.1 Å². The van der Waals surface area contributed by atoms with Gasteiger partial charge in [0, 0.05) is 25.3 Å². The molecule has 0 aromatic heterocycles. The Morgan fingerprint density at radius 1 is 1.20 bits per heavy atom. The van der Waals surface area contributed by atoms with Gasteiger partial charge in [-0.1, -0.05) is 6.07 Å². The van der Waals surface area contributed by atoms with Crippen LogP contribution in [-0.2, 0) is 0 Å². The molecule has 0 saturated carbocycles. The summed E-state index contributed by atoms with van der Waals surface area (Å²) >= 11 is 0. The second-order valence-electron chi connectivity index (χ2n) is 4.60. The zero-order chi connectivity index (χ0) is 10.8. The van der Waals surface area contributed by atoms with E-state index < -0.39 is 0 Å². The van der Waals surface area contributed by atoms with Crippen LogP contribution in [0.5, 0.6) is 0 Å². The van der Waals surface area contributed by atoms with Gasteiger partial charge in [0.1, 0.15) is 0 Å². The lowest BCUT2D eigenvalue weighted by Crippen LogP contribution is -2.33. The third-order valence-electron chi connectivity index (χ3n) is 3.20. The summed E-state index contributed by atoms with van der Waals surface area (Å²) in [5.41, 5.74) is 4.05. The molecule has 2 heteroatoms. The van der Waals surface area contributed by atoms with Crippen LogP contribution < -0.4 is 10.2 Å². The molecular weight excluding hydrogens is 184 g/mol. The first-order valence-electron chi connectivity index (χ1n) is 5.68. The predicted molar refractivity (Wildman–Crippen MR) is 65.6 cm³/mol. The number of hydrogen-bond donors (Lipinski definition) is 1. The molecule has 1 aliphatic heterocycles. The molecular formula is C13H20N2. The molecule has 82 valence electrons. The monoisotopic (exact) mass is 204 g/mol. The normalized spacial score (nSPS) is 20.6. The molecule has 2 rings (SSSR count). The lowest BCUT2D eigenvalue weighted by Gasteiger charge is -2.26. The molecule has 1 aromatic rings. The Hall–Kier alpha value is -1.02. The predicted octanol–water partition coefficient (Wildman–Crippen LogP) is 2.10. The molecule has 1 saturated heterocycles. The minimum atomic E-state index is 0.659. The second kappa shape index (κ2) is 4.23. The van der Waals surface area contributed by atoms with Crippen LogP contribution >= 0.6 is 0 Å². The topological polar surface area (TPSA) is 15.3 Å². The zero-order valence-corrected chi connectivity index (χ0v) is 9.88. The minimum absolute atomic E-state index is 0.659. The van der Waals surface area contributed by atoms with E-state index in [1.165, 1.54) is 23.2 Å². The summed E-state index contributed by atoms with van der Waals surface area (Å²) in [5.74, 6) is 0. The maximum atomic E-state index is 3.41. The summed E-state index contributed by atoms with van der Waals surface area (Å²) in [6, 6.07) is 7.42. The third-order valence-corrected chi connectivity index (χ3v) is 3.20. The van der Waals surface area contributed by atoms with E-state index in [-0.39, 0.29) is 0 Å². The van der Waals surface area contributed by atoms with Gasteiger partial charge in [-0.3, -0.25) is 0 Å². The van der Waals surface area contributed by atoms with Gasteiger partial charge in [0.05, 0.1) is 0 Å². The minimum Gasteiger partial charge on any atom is -0.370 e. The fourth-order valence-electron chi connectivity index (χ4n) is 2.34. The number of likely N-dealkylation sites (N-methyl/N-ethyl adjacent to an activating group) is 1. The van der Waals surface area contributed by atoms with Crippen LogP contribution in [0.4, 0.5) is 5.69 Å². The molecule has 0 bridgehead atoms. The molecule has 0 spiro atoms. The fourth-order valence-corrected chi connectivity index (χ4v) is 2.34. The summed E-state index contributed by atoms with van der Waals surface area (Å²) in [6.45, 7) is 6.60. The van der Waals surface area contributed by atoms with E-state index in [2.05, 4.69) is 49.3 Å². The average molecular weight is 204 g/mol. The highest BCUT2D eigenvalue weighted by molar-refractivity contribution is 5.51.